The van der Waals surface area contributed by atoms with Crippen LogP contribution >= 0.6 is 0 Å². The fourth-order valence-electron chi connectivity index (χ4n) is 3.22. The average Bonchev–Trinajstić information content (AvgIpc) is 2.68. The fraction of sp³-hybridized carbons (Fsp3) is 0.286. The van der Waals surface area contributed by atoms with Crippen LogP contribution in [0.25, 0.3) is 0 Å². The van der Waals surface area contributed by atoms with Crippen molar-refractivity contribution in [2.45, 2.75) is 31.8 Å². The molecule has 0 aromatic heterocycles. The van der Waals surface area contributed by atoms with E-state index in [2.05, 4.69) is 13.0 Å². The van der Waals surface area contributed by atoms with Crippen molar-refractivity contribution in [2.75, 3.05) is 6.26 Å². The zero-order valence-corrected chi connectivity index (χ0v) is 16.2. The van der Waals surface area contributed by atoms with Crippen LogP contribution in [0.15, 0.2) is 72.6 Å². The van der Waals surface area contributed by atoms with Gasteiger partial charge in [-0.05, 0) is 42.9 Å². The van der Waals surface area contributed by atoms with E-state index in [0.29, 0.717) is 12.2 Å². The van der Waals surface area contributed by atoms with Gasteiger partial charge in [-0.15, -0.1) is 0 Å². The van der Waals surface area contributed by atoms with E-state index in [1.54, 1.807) is 0 Å². The second-order valence-electron chi connectivity index (χ2n) is 6.54. The van der Waals surface area contributed by atoms with Gasteiger partial charge in [-0.1, -0.05) is 42.5 Å². The molecule has 0 bridgehead atoms. The van der Waals surface area contributed by atoms with Gasteiger partial charge in [0.25, 0.3) is 0 Å². The molecule has 1 radical (unpaired) electrons. The predicted molar refractivity (Wildman–Crippen MR) is 106 cm³/mol. The summed E-state index contributed by atoms with van der Waals surface area (Å²) >= 11 is 0. The summed E-state index contributed by atoms with van der Waals surface area (Å²) < 4.78 is 37.8. The first-order valence-corrected chi connectivity index (χ1v) is 10.7. The molecule has 1 unspecified atom stereocenters. The molecule has 0 saturated heterocycles. The van der Waals surface area contributed by atoms with E-state index in [9.17, 15) is 8.42 Å². The van der Waals surface area contributed by atoms with Crippen LogP contribution in [0.3, 0.4) is 0 Å². The molecule has 1 aromatic rings. The summed E-state index contributed by atoms with van der Waals surface area (Å²) in [5.41, 5.74) is 2.95. The Balaban J connectivity index is 2.01. The lowest BCUT2D eigenvalue weighted by atomic mass is 9.96. The minimum absolute atomic E-state index is 0.239. The summed E-state index contributed by atoms with van der Waals surface area (Å²) in [4.78, 5) is 0. The number of benzene rings is 1. The quantitative estimate of drug-likeness (QED) is 0.715. The minimum Gasteiger partial charge on any atom is -0.466 e. The summed E-state index contributed by atoms with van der Waals surface area (Å²) in [7, 11) is -3.53. The van der Waals surface area contributed by atoms with Gasteiger partial charge in [0.05, 0.1) is 6.26 Å². The predicted octanol–water partition coefficient (Wildman–Crippen LogP) is 3.83. The van der Waals surface area contributed by atoms with Gasteiger partial charge in [-0.25, -0.2) is 8.42 Å². The lowest BCUT2D eigenvalue weighted by Gasteiger charge is -2.33. The van der Waals surface area contributed by atoms with E-state index in [-0.39, 0.29) is 6.54 Å². The lowest BCUT2D eigenvalue weighted by Crippen LogP contribution is -2.42. The third-order valence-corrected chi connectivity index (χ3v) is 5.71. The highest BCUT2D eigenvalue weighted by atomic mass is 32.2. The van der Waals surface area contributed by atoms with Crippen LogP contribution in [0, 0.1) is 6.92 Å². The summed E-state index contributed by atoms with van der Waals surface area (Å²) in [6, 6.07) is 7.27. The van der Waals surface area contributed by atoms with Crippen LogP contribution in [-0.4, -0.2) is 25.0 Å². The van der Waals surface area contributed by atoms with E-state index in [1.807, 2.05) is 36.4 Å². The molecular formula is C21H24NO4S. The van der Waals surface area contributed by atoms with Crippen LogP contribution < -0.4 is 0 Å². The fourth-order valence-corrected chi connectivity index (χ4v) is 4.23. The molecule has 3 rings (SSSR count). The van der Waals surface area contributed by atoms with Crippen molar-refractivity contribution in [3.8, 4) is 0 Å². The van der Waals surface area contributed by atoms with Crippen LogP contribution in [0.4, 0.5) is 0 Å². The molecule has 0 spiro atoms. The van der Waals surface area contributed by atoms with E-state index >= 15 is 0 Å². The maximum Gasteiger partial charge on any atom is 0.212 e. The molecular weight excluding hydrogens is 362 g/mol. The van der Waals surface area contributed by atoms with Gasteiger partial charge < -0.3 is 9.47 Å². The SMILES string of the molecule is [CH2]Cc1cccc(CN(C(C2=CC=CCC2)C2=COC=CO2)S(C)(=O)=O)c1. The van der Waals surface area contributed by atoms with Gasteiger partial charge in [0.2, 0.25) is 10.0 Å². The van der Waals surface area contributed by atoms with Crippen LogP contribution in [0.2, 0.25) is 0 Å². The number of sulfonamides is 1. The Hall–Kier alpha value is -2.31. The molecule has 5 nitrogen and oxygen atoms in total. The second kappa shape index (κ2) is 8.59. The monoisotopic (exact) mass is 386 g/mol. The van der Waals surface area contributed by atoms with E-state index in [1.165, 1.54) is 29.3 Å². The zero-order chi connectivity index (χ0) is 19.3. The average molecular weight is 386 g/mol. The molecule has 143 valence electrons. The van der Waals surface area contributed by atoms with Gasteiger partial charge >= 0.3 is 0 Å². The Morgan fingerprint density at radius 1 is 1.26 bits per heavy atom. The third kappa shape index (κ3) is 4.90. The Morgan fingerprint density at radius 2 is 2.07 bits per heavy atom. The van der Waals surface area contributed by atoms with E-state index in [0.717, 1.165) is 29.5 Å². The van der Waals surface area contributed by atoms with Crippen molar-refractivity contribution in [1.82, 2.24) is 4.31 Å². The van der Waals surface area contributed by atoms with Gasteiger partial charge in [0.1, 0.15) is 24.8 Å². The molecule has 1 aromatic carbocycles. The molecule has 0 fully saturated rings. The standard InChI is InChI=1S/C21H24NO4S/c1-3-17-8-7-9-18(14-17)15-22(27(2,23)24)21(19-10-5-4-6-11-19)20-16-25-12-13-26-20/h4-5,7-10,12-14,16,21H,1,3,6,11,15H2,2H3. The number of nitrogens with zero attached hydrogens (tertiary/aromatic N) is 1. The highest BCUT2D eigenvalue weighted by molar-refractivity contribution is 7.88. The van der Waals surface area contributed by atoms with Crippen LogP contribution in [-0.2, 0) is 32.5 Å². The molecule has 27 heavy (non-hydrogen) atoms. The smallest absolute Gasteiger partial charge is 0.212 e. The maximum atomic E-state index is 12.7. The van der Waals surface area contributed by atoms with Crippen LogP contribution in [0.5, 0.6) is 0 Å². The van der Waals surface area contributed by atoms with Crippen molar-refractivity contribution < 1.29 is 17.9 Å². The van der Waals surface area contributed by atoms with Crippen molar-refractivity contribution >= 4 is 10.0 Å². The normalized spacial score (nSPS) is 17.7. The topological polar surface area (TPSA) is 55.8 Å². The molecule has 2 aliphatic rings. The van der Waals surface area contributed by atoms with E-state index in [4.69, 9.17) is 9.47 Å². The first-order chi connectivity index (χ1) is 13.0. The lowest BCUT2D eigenvalue weighted by molar-refractivity contribution is 0.204. The number of rotatable bonds is 7. The first-order valence-electron chi connectivity index (χ1n) is 8.85. The van der Waals surface area contributed by atoms with Crippen molar-refractivity contribution in [2.24, 2.45) is 0 Å². The molecule has 1 aliphatic carbocycles. The third-order valence-electron chi connectivity index (χ3n) is 4.52. The Kier molecular flexibility index (Phi) is 6.19. The second-order valence-corrected chi connectivity index (χ2v) is 8.47. The maximum absolute atomic E-state index is 12.7. The molecule has 1 heterocycles. The Morgan fingerprint density at radius 3 is 2.70 bits per heavy atom. The van der Waals surface area contributed by atoms with Gasteiger partial charge in [-0.2, -0.15) is 4.31 Å². The number of ether oxygens (including phenoxy) is 2. The van der Waals surface area contributed by atoms with Crippen molar-refractivity contribution in [3.05, 3.63) is 90.7 Å². The largest absolute Gasteiger partial charge is 0.466 e. The van der Waals surface area contributed by atoms with Gasteiger partial charge in [-0.3, -0.25) is 0 Å². The van der Waals surface area contributed by atoms with Gasteiger partial charge in [0, 0.05) is 6.54 Å². The van der Waals surface area contributed by atoms with Crippen LogP contribution in [0.1, 0.15) is 24.0 Å². The molecule has 0 saturated carbocycles. The summed E-state index contributed by atoms with van der Waals surface area (Å²) in [6.07, 6.45) is 13.8. The van der Waals surface area contributed by atoms with Crippen molar-refractivity contribution in [1.29, 1.82) is 0 Å². The first kappa shape index (κ1) is 19.5. The van der Waals surface area contributed by atoms with E-state index < -0.39 is 16.1 Å². The van der Waals surface area contributed by atoms with Gasteiger partial charge in [0.15, 0.2) is 5.76 Å². The molecule has 6 heteroatoms. The summed E-state index contributed by atoms with van der Waals surface area (Å²) in [6.45, 7) is 4.14. The number of hydrogen-bond donors (Lipinski definition) is 0. The molecule has 1 aliphatic heterocycles. The number of hydrogen-bond acceptors (Lipinski definition) is 4. The highest BCUT2D eigenvalue weighted by Crippen LogP contribution is 2.30. The zero-order valence-electron chi connectivity index (χ0n) is 15.4. The molecule has 0 N–H and O–H groups in total. The minimum atomic E-state index is -3.53. The Labute approximate surface area is 161 Å². The molecule has 1 atom stereocenters. The highest BCUT2D eigenvalue weighted by Gasteiger charge is 2.34. The summed E-state index contributed by atoms with van der Waals surface area (Å²) in [5.74, 6) is 0.456. The Bertz CT molecular complexity index is 897. The molecule has 0 amide bonds. The van der Waals surface area contributed by atoms with Crippen molar-refractivity contribution in [3.63, 3.8) is 0 Å². The summed E-state index contributed by atoms with van der Waals surface area (Å²) in [5, 5.41) is 0. The number of allylic oxidation sites excluding steroid dienone is 3.